The molecule has 2 heteroatoms. The Morgan fingerprint density at radius 1 is 0.217 bits per heavy atom. The third-order valence-corrected chi connectivity index (χ3v) is 14.3. The second-order valence-electron chi connectivity index (χ2n) is 18.0. The first-order valence-electron chi connectivity index (χ1n) is 23.8. The molecule has 1 atom stereocenters. The topological polar surface area (TPSA) is 6.48 Å². The highest BCUT2D eigenvalue weighted by Crippen LogP contribution is 2.65. The summed E-state index contributed by atoms with van der Waals surface area (Å²) in [5.74, 6) is 0. The third kappa shape index (κ3) is 6.48. The molecule has 69 heavy (non-hydrogen) atoms. The van der Waals surface area contributed by atoms with Gasteiger partial charge in [0.1, 0.15) is 0 Å². The van der Waals surface area contributed by atoms with Gasteiger partial charge in [0, 0.05) is 33.8 Å². The summed E-state index contributed by atoms with van der Waals surface area (Å²) in [6.07, 6.45) is 0. The summed E-state index contributed by atoms with van der Waals surface area (Å²) in [5, 5.41) is 0. The van der Waals surface area contributed by atoms with Crippen LogP contribution in [-0.4, -0.2) is 0 Å². The fraction of sp³-hybridized carbons (Fsp3) is 0.0149. The lowest BCUT2D eigenvalue weighted by molar-refractivity contribution is 0.793. The van der Waals surface area contributed by atoms with Gasteiger partial charge >= 0.3 is 0 Å². The quantitative estimate of drug-likeness (QED) is 0.143. The van der Waals surface area contributed by atoms with Crippen LogP contribution in [-0.2, 0) is 5.41 Å². The monoisotopic (exact) mass is 878 g/mol. The Morgan fingerprint density at radius 2 is 0.623 bits per heavy atom. The highest BCUT2D eigenvalue weighted by atomic mass is 15.2. The zero-order chi connectivity index (χ0) is 45.7. The first-order valence-corrected chi connectivity index (χ1v) is 23.8. The van der Waals surface area contributed by atoms with Gasteiger partial charge in [0.05, 0.1) is 22.5 Å². The van der Waals surface area contributed by atoms with Gasteiger partial charge in [-0.2, -0.15) is 0 Å². The maximum Gasteiger partial charge on any atom is 0.0727 e. The summed E-state index contributed by atoms with van der Waals surface area (Å²) in [6, 6.07) is 102. The third-order valence-electron chi connectivity index (χ3n) is 14.3. The number of anilines is 6. The van der Waals surface area contributed by atoms with E-state index in [0.29, 0.717) is 0 Å². The molecule has 0 amide bonds. The fourth-order valence-corrected chi connectivity index (χ4v) is 11.4. The van der Waals surface area contributed by atoms with Crippen molar-refractivity contribution < 1.29 is 0 Å². The minimum Gasteiger partial charge on any atom is -0.310 e. The molecule has 0 heterocycles. The molecule has 0 fully saturated rings. The van der Waals surface area contributed by atoms with Gasteiger partial charge in [-0.05, 0) is 116 Å². The number of para-hydroxylation sites is 3. The molecule has 11 aromatic rings. The summed E-state index contributed by atoms with van der Waals surface area (Å²) < 4.78 is 0. The van der Waals surface area contributed by atoms with Crippen molar-refractivity contribution in [2.24, 2.45) is 0 Å². The van der Waals surface area contributed by atoms with Crippen molar-refractivity contribution in [2.45, 2.75) is 5.41 Å². The van der Waals surface area contributed by atoms with Gasteiger partial charge in [-0.3, -0.25) is 0 Å². The zero-order valence-corrected chi connectivity index (χ0v) is 38.0. The first kappa shape index (κ1) is 40.3. The van der Waals surface area contributed by atoms with Crippen LogP contribution in [0.15, 0.2) is 279 Å². The van der Waals surface area contributed by atoms with Gasteiger partial charge in [-0.25, -0.2) is 0 Å². The first-order chi connectivity index (χ1) is 34.3. The summed E-state index contributed by atoms with van der Waals surface area (Å²) in [5.41, 5.74) is 23.3. The Labute approximate surface area is 404 Å². The molecule has 324 valence electrons. The van der Waals surface area contributed by atoms with Crippen LogP contribution >= 0.6 is 0 Å². The van der Waals surface area contributed by atoms with Gasteiger partial charge in [0.2, 0.25) is 0 Å². The number of benzene rings is 11. The molecular formula is C67H46N2. The van der Waals surface area contributed by atoms with Crippen LogP contribution in [0.3, 0.4) is 0 Å². The standard InChI is InChI=1S/C67H46N2/c1-5-22-47(23-6-1)48-40-42-52(43-41-48)69(64-38-20-16-31-55(64)50-26-9-3-10-27-50)65-39-21-36-61-66(65)58-33-14-18-35-60(58)67(61)59-34-17-13-32-56(59)57-45-44-53(46-62(57)67)68(51-28-11-4-12-29-51)63-37-19-15-30-54(63)49-24-7-2-8-25-49/h1-46H. The minimum atomic E-state index is -0.604. The van der Waals surface area contributed by atoms with E-state index in [1.54, 1.807) is 0 Å². The van der Waals surface area contributed by atoms with Crippen LogP contribution in [0.4, 0.5) is 34.1 Å². The normalized spacial score (nSPS) is 13.9. The Balaban J connectivity index is 1.07. The van der Waals surface area contributed by atoms with E-state index in [0.717, 1.165) is 34.1 Å². The van der Waals surface area contributed by atoms with E-state index in [9.17, 15) is 0 Å². The Hall–Kier alpha value is -8.98. The van der Waals surface area contributed by atoms with E-state index in [4.69, 9.17) is 0 Å². The molecule has 0 radical (unpaired) electrons. The Morgan fingerprint density at radius 3 is 1.25 bits per heavy atom. The molecule has 0 bridgehead atoms. The van der Waals surface area contributed by atoms with Crippen molar-refractivity contribution in [3.05, 3.63) is 301 Å². The van der Waals surface area contributed by atoms with Gasteiger partial charge in [0.25, 0.3) is 0 Å². The molecule has 13 rings (SSSR count). The number of hydrogen-bond acceptors (Lipinski definition) is 2. The van der Waals surface area contributed by atoms with Crippen LogP contribution in [0, 0.1) is 0 Å². The molecule has 0 saturated heterocycles. The van der Waals surface area contributed by atoms with Gasteiger partial charge in [-0.1, -0.05) is 224 Å². The lowest BCUT2D eigenvalue weighted by Crippen LogP contribution is -2.26. The van der Waals surface area contributed by atoms with E-state index < -0.39 is 5.41 Å². The molecule has 0 aliphatic heterocycles. The predicted octanol–water partition coefficient (Wildman–Crippen LogP) is 18.0. The smallest absolute Gasteiger partial charge is 0.0727 e. The molecule has 2 aliphatic carbocycles. The van der Waals surface area contributed by atoms with Crippen molar-refractivity contribution in [1.29, 1.82) is 0 Å². The average Bonchev–Trinajstić information content (AvgIpc) is 3.90. The van der Waals surface area contributed by atoms with E-state index in [1.807, 2.05) is 0 Å². The Kier molecular flexibility index (Phi) is 9.77. The maximum atomic E-state index is 2.50. The van der Waals surface area contributed by atoms with E-state index in [-0.39, 0.29) is 0 Å². The largest absolute Gasteiger partial charge is 0.310 e. The average molecular weight is 879 g/mol. The van der Waals surface area contributed by atoms with E-state index in [1.165, 1.54) is 77.9 Å². The number of rotatable bonds is 9. The van der Waals surface area contributed by atoms with Crippen molar-refractivity contribution in [1.82, 2.24) is 0 Å². The molecule has 11 aromatic carbocycles. The van der Waals surface area contributed by atoms with Gasteiger partial charge < -0.3 is 9.80 Å². The SMILES string of the molecule is c1ccc(-c2ccc(N(c3ccccc3-c3ccccc3)c3cccc4c3-c3ccccc3C43c4ccccc4-c4ccc(N(c5ccccc5)c5ccccc5-c5ccccc5)cc43)cc2)cc1. The summed E-state index contributed by atoms with van der Waals surface area (Å²) in [4.78, 5) is 4.94. The number of hydrogen-bond donors (Lipinski definition) is 0. The lowest BCUT2D eigenvalue weighted by Gasteiger charge is -2.33. The highest BCUT2D eigenvalue weighted by molar-refractivity contribution is 6.03. The van der Waals surface area contributed by atoms with Gasteiger partial charge in [-0.15, -0.1) is 0 Å². The number of fused-ring (bicyclic) bond motifs is 10. The van der Waals surface area contributed by atoms with Crippen molar-refractivity contribution in [3.63, 3.8) is 0 Å². The zero-order valence-electron chi connectivity index (χ0n) is 38.0. The molecule has 0 aromatic heterocycles. The van der Waals surface area contributed by atoms with Crippen LogP contribution in [0.25, 0.3) is 55.6 Å². The second-order valence-corrected chi connectivity index (χ2v) is 18.0. The molecular weight excluding hydrogens is 833 g/mol. The van der Waals surface area contributed by atoms with Crippen molar-refractivity contribution in [2.75, 3.05) is 9.80 Å². The van der Waals surface area contributed by atoms with Crippen LogP contribution in [0.2, 0.25) is 0 Å². The second kappa shape index (κ2) is 16.7. The minimum absolute atomic E-state index is 0.604. The fourth-order valence-electron chi connectivity index (χ4n) is 11.4. The lowest BCUT2D eigenvalue weighted by atomic mass is 9.70. The summed E-state index contributed by atoms with van der Waals surface area (Å²) >= 11 is 0. The van der Waals surface area contributed by atoms with Crippen LogP contribution in [0.5, 0.6) is 0 Å². The highest BCUT2D eigenvalue weighted by Gasteiger charge is 2.52. The van der Waals surface area contributed by atoms with Crippen LogP contribution < -0.4 is 9.80 Å². The number of nitrogens with zero attached hydrogens (tertiary/aromatic N) is 2. The molecule has 2 aliphatic rings. The van der Waals surface area contributed by atoms with Crippen molar-refractivity contribution in [3.8, 4) is 55.6 Å². The molecule has 0 N–H and O–H groups in total. The molecule has 0 saturated carbocycles. The predicted molar refractivity (Wildman–Crippen MR) is 288 cm³/mol. The molecule has 2 nitrogen and oxygen atoms in total. The molecule has 1 unspecified atom stereocenters. The summed E-state index contributed by atoms with van der Waals surface area (Å²) in [7, 11) is 0. The summed E-state index contributed by atoms with van der Waals surface area (Å²) in [6.45, 7) is 0. The van der Waals surface area contributed by atoms with Gasteiger partial charge in [0.15, 0.2) is 0 Å². The van der Waals surface area contributed by atoms with Crippen molar-refractivity contribution >= 4 is 34.1 Å². The van der Waals surface area contributed by atoms with Crippen LogP contribution in [0.1, 0.15) is 22.3 Å². The van der Waals surface area contributed by atoms with E-state index >= 15 is 0 Å². The maximum absolute atomic E-state index is 2.50. The Bertz CT molecular complexity index is 3660. The van der Waals surface area contributed by atoms with E-state index in [2.05, 4.69) is 289 Å². The molecule has 1 spiro atoms.